The third-order valence-corrected chi connectivity index (χ3v) is 8.11. The van der Waals surface area contributed by atoms with Crippen LogP contribution in [-0.2, 0) is 9.47 Å². The summed E-state index contributed by atoms with van der Waals surface area (Å²) in [4.78, 5) is 12.0. The maximum atomic E-state index is 12.0. The van der Waals surface area contributed by atoms with Crippen LogP contribution in [0.2, 0.25) is 0 Å². The number of hydrogen-bond donors (Lipinski definition) is 1. The summed E-state index contributed by atoms with van der Waals surface area (Å²) >= 11 is 1.91. The second-order valence-corrected chi connectivity index (χ2v) is 11.2. The molecule has 2 fully saturated rings. The molecule has 3 aromatic rings. The predicted molar refractivity (Wildman–Crippen MR) is 147 cm³/mol. The standard InChI is InChI=1S/C29H33N3O4S/c1-19(2)36-29(33)31-21-8-6-20(7-9-21)28-26(17-30)25-11-10-23(16-27(25)32(28)22-4-3-5-22)35-14-15-37-24-12-13-34-18-24/h6-11,16,19,22,24H,3-5,12-15,18H2,1-2H3,(H,31,33). The van der Waals surface area contributed by atoms with Crippen molar-refractivity contribution in [1.29, 1.82) is 5.26 Å². The Morgan fingerprint density at radius 1 is 1.22 bits per heavy atom. The molecule has 5 rings (SSSR count). The SMILES string of the molecule is CC(C)OC(=O)Nc1ccc(-c2c(C#N)c3ccc(OCCSC4CCOC4)cc3n2C2CCC2)cc1. The monoisotopic (exact) mass is 519 g/mol. The maximum absolute atomic E-state index is 12.0. The van der Waals surface area contributed by atoms with Crippen LogP contribution in [-0.4, -0.2) is 47.6 Å². The van der Waals surface area contributed by atoms with Crippen molar-refractivity contribution in [1.82, 2.24) is 4.57 Å². The summed E-state index contributed by atoms with van der Waals surface area (Å²) in [5.41, 5.74) is 4.22. The Balaban J connectivity index is 1.41. The fourth-order valence-corrected chi connectivity index (χ4v) is 5.86. The zero-order valence-corrected chi connectivity index (χ0v) is 22.2. The zero-order chi connectivity index (χ0) is 25.8. The number of benzene rings is 2. The number of fused-ring (bicyclic) bond motifs is 1. The van der Waals surface area contributed by atoms with Gasteiger partial charge in [0.15, 0.2) is 0 Å². The number of nitriles is 1. The maximum Gasteiger partial charge on any atom is 0.411 e. The summed E-state index contributed by atoms with van der Waals surface area (Å²) < 4.78 is 19.1. The smallest absolute Gasteiger partial charge is 0.411 e. The summed E-state index contributed by atoms with van der Waals surface area (Å²) in [6, 6.07) is 16.5. The third kappa shape index (κ3) is 5.73. The highest BCUT2D eigenvalue weighted by Crippen LogP contribution is 2.43. The van der Waals surface area contributed by atoms with Gasteiger partial charge in [-0.15, -0.1) is 0 Å². The van der Waals surface area contributed by atoms with Crippen molar-refractivity contribution in [3.05, 3.63) is 48.0 Å². The lowest BCUT2D eigenvalue weighted by molar-refractivity contribution is 0.130. The van der Waals surface area contributed by atoms with E-state index in [1.54, 1.807) is 0 Å². The van der Waals surface area contributed by atoms with E-state index in [4.69, 9.17) is 14.2 Å². The van der Waals surface area contributed by atoms with Crippen LogP contribution in [0.25, 0.3) is 22.2 Å². The Morgan fingerprint density at radius 2 is 2.03 bits per heavy atom. The molecule has 37 heavy (non-hydrogen) atoms. The van der Waals surface area contributed by atoms with Gasteiger partial charge in [-0.25, -0.2) is 4.79 Å². The van der Waals surface area contributed by atoms with Crippen LogP contribution >= 0.6 is 11.8 Å². The lowest BCUT2D eigenvalue weighted by atomic mass is 9.92. The molecular formula is C29H33N3O4S. The first-order valence-corrected chi connectivity index (χ1v) is 14.1. The van der Waals surface area contributed by atoms with Gasteiger partial charge in [-0.05, 0) is 69.4 Å². The van der Waals surface area contributed by atoms with Crippen molar-refractivity contribution in [2.45, 2.75) is 56.9 Å². The molecule has 1 unspecified atom stereocenters. The van der Waals surface area contributed by atoms with Crippen molar-refractivity contribution in [3.63, 3.8) is 0 Å². The van der Waals surface area contributed by atoms with E-state index in [9.17, 15) is 10.1 Å². The van der Waals surface area contributed by atoms with Gasteiger partial charge in [-0.1, -0.05) is 12.1 Å². The molecule has 1 atom stereocenters. The minimum absolute atomic E-state index is 0.190. The van der Waals surface area contributed by atoms with Crippen LogP contribution in [0.5, 0.6) is 5.75 Å². The van der Waals surface area contributed by atoms with Gasteiger partial charge in [0.05, 0.1) is 36.1 Å². The first kappa shape index (κ1) is 25.5. The molecule has 0 spiro atoms. The highest BCUT2D eigenvalue weighted by atomic mass is 32.2. The van der Waals surface area contributed by atoms with E-state index in [0.717, 1.165) is 66.1 Å². The number of rotatable bonds is 9. The Kier molecular flexibility index (Phi) is 7.92. The quantitative estimate of drug-likeness (QED) is 0.314. The largest absolute Gasteiger partial charge is 0.493 e. The molecular weight excluding hydrogens is 486 g/mol. The summed E-state index contributed by atoms with van der Waals surface area (Å²) in [5, 5.41) is 14.5. The summed E-state index contributed by atoms with van der Waals surface area (Å²) in [6.45, 7) is 5.97. The minimum atomic E-state index is -0.480. The molecule has 1 saturated heterocycles. The highest BCUT2D eigenvalue weighted by Gasteiger charge is 2.28. The topological polar surface area (TPSA) is 85.5 Å². The van der Waals surface area contributed by atoms with E-state index < -0.39 is 6.09 Å². The normalized spacial score (nSPS) is 17.5. The first-order valence-electron chi connectivity index (χ1n) is 13.0. The average molecular weight is 520 g/mol. The first-order chi connectivity index (χ1) is 18.0. The molecule has 1 N–H and O–H groups in total. The van der Waals surface area contributed by atoms with E-state index >= 15 is 0 Å². The van der Waals surface area contributed by atoms with Crippen LogP contribution in [0.1, 0.15) is 51.1 Å². The number of anilines is 1. The van der Waals surface area contributed by atoms with Gasteiger partial charge in [0.25, 0.3) is 0 Å². The molecule has 0 bridgehead atoms. The Hall–Kier alpha value is -3.15. The number of thioether (sulfide) groups is 1. The molecule has 2 aliphatic rings. The molecule has 1 aromatic heterocycles. The summed E-state index contributed by atoms with van der Waals surface area (Å²) in [5.74, 6) is 1.75. The molecule has 2 heterocycles. The van der Waals surface area contributed by atoms with Crippen LogP contribution < -0.4 is 10.1 Å². The number of amides is 1. The number of carbonyl (C=O) groups excluding carboxylic acids is 1. The molecule has 0 radical (unpaired) electrons. The summed E-state index contributed by atoms with van der Waals surface area (Å²) in [7, 11) is 0. The van der Waals surface area contributed by atoms with E-state index in [1.165, 1.54) is 6.42 Å². The van der Waals surface area contributed by atoms with E-state index in [0.29, 0.717) is 29.1 Å². The average Bonchev–Trinajstić information content (AvgIpc) is 3.47. The van der Waals surface area contributed by atoms with E-state index in [1.807, 2.05) is 62.0 Å². The van der Waals surface area contributed by atoms with Crippen LogP contribution in [0.4, 0.5) is 10.5 Å². The Morgan fingerprint density at radius 3 is 2.68 bits per heavy atom. The molecule has 194 valence electrons. The number of aromatic nitrogens is 1. The van der Waals surface area contributed by atoms with Gasteiger partial charge < -0.3 is 18.8 Å². The number of nitrogens with zero attached hydrogens (tertiary/aromatic N) is 2. The van der Waals surface area contributed by atoms with Crippen molar-refractivity contribution < 1.29 is 19.0 Å². The molecule has 1 saturated carbocycles. The minimum Gasteiger partial charge on any atom is -0.493 e. The second-order valence-electron chi connectivity index (χ2n) is 9.83. The van der Waals surface area contributed by atoms with Crippen molar-refractivity contribution in [3.8, 4) is 23.1 Å². The predicted octanol–water partition coefficient (Wildman–Crippen LogP) is 6.76. The fourth-order valence-electron chi connectivity index (χ4n) is 4.89. The number of nitrogens with one attached hydrogen (secondary N) is 1. The third-order valence-electron chi connectivity index (χ3n) is 6.87. The van der Waals surface area contributed by atoms with Gasteiger partial charge in [-0.3, -0.25) is 5.32 Å². The van der Waals surface area contributed by atoms with Crippen molar-refractivity contribution in [2.75, 3.05) is 30.9 Å². The fraction of sp³-hybridized carbons (Fsp3) is 0.448. The molecule has 7 nitrogen and oxygen atoms in total. The van der Waals surface area contributed by atoms with Gasteiger partial charge in [0, 0.05) is 40.8 Å². The van der Waals surface area contributed by atoms with Crippen LogP contribution in [0.3, 0.4) is 0 Å². The number of hydrogen-bond acceptors (Lipinski definition) is 6. The zero-order valence-electron chi connectivity index (χ0n) is 21.4. The van der Waals surface area contributed by atoms with Crippen LogP contribution in [0.15, 0.2) is 42.5 Å². The van der Waals surface area contributed by atoms with Gasteiger partial charge in [0.1, 0.15) is 11.8 Å². The van der Waals surface area contributed by atoms with Gasteiger partial charge >= 0.3 is 6.09 Å². The molecule has 1 amide bonds. The van der Waals surface area contributed by atoms with Crippen LogP contribution in [0, 0.1) is 11.3 Å². The molecule has 2 aromatic carbocycles. The molecule has 8 heteroatoms. The Bertz CT molecular complexity index is 1290. The molecule has 1 aliphatic heterocycles. The number of carbonyl (C=O) groups is 1. The van der Waals surface area contributed by atoms with Gasteiger partial charge in [0.2, 0.25) is 0 Å². The lowest BCUT2D eigenvalue weighted by Crippen LogP contribution is -2.18. The van der Waals surface area contributed by atoms with Gasteiger partial charge in [-0.2, -0.15) is 17.0 Å². The Labute approximate surface area is 222 Å². The summed E-state index contributed by atoms with van der Waals surface area (Å²) in [6.07, 6.45) is 3.81. The number of ether oxygens (including phenoxy) is 3. The lowest BCUT2D eigenvalue weighted by Gasteiger charge is -2.30. The van der Waals surface area contributed by atoms with Crippen molar-refractivity contribution in [2.24, 2.45) is 0 Å². The molecule has 1 aliphatic carbocycles. The van der Waals surface area contributed by atoms with E-state index in [-0.39, 0.29) is 6.10 Å². The highest BCUT2D eigenvalue weighted by molar-refractivity contribution is 7.99. The van der Waals surface area contributed by atoms with E-state index in [2.05, 4.69) is 22.0 Å². The van der Waals surface area contributed by atoms with Crippen molar-refractivity contribution >= 4 is 34.4 Å². The second kappa shape index (κ2) is 11.5.